The van der Waals surface area contributed by atoms with Crippen LogP contribution < -0.4 is 5.32 Å². The summed E-state index contributed by atoms with van der Waals surface area (Å²) in [5.74, 6) is -0.831. The lowest BCUT2D eigenvalue weighted by molar-refractivity contribution is 0.101. The minimum atomic E-state index is -0.886. The molecule has 1 aromatic heterocycles. The SMILES string of the molecule is O=C(Nc1cccc(Br)c1)c1ncn(C[C@@H](O)c2ccc(F)cc2)n1. The minimum absolute atomic E-state index is 0.00807. The standard InChI is InChI=1S/C17H14BrFN4O2/c18-12-2-1-3-14(8-12)21-17(25)16-20-10-23(22-16)9-15(24)11-4-6-13(19)7-5-11/h1-8,10,15,24H,9H2,(H,21,25)/t15-/m1/s1. The van der Waals surface area contributed by atoms with Gasteiger partial charge in [-0.2, -0.15) is 0 Å². The Kier molecular flexibility index (Phi) is 5.20. The molecule has 1 amide bonds. The number of carbonyl (C=O) groups is 1. The van der Waals surface area contributed by atoms with E-state index in [2.05, 4.69) is 31.3 Å². The summed E-state index contributed by atoms with van der Waals surface area (Å²) >= 11 is 3.33. The van der Waals surface area contributed by atoms with Gasteiger partial charge in [0.15, 0.2) is 0 Å². The zero-order valence-electron chi connectivity index (χ0n) is 12.9. The number of benzene rings is 2. The van der Waals surface area contributed by atoms with Crippen LogP contribution in [0.5, 0.6) is 0 Å². The summed E-state index contributed by atoms with van der Waals surface area (Å²) in [6.45, 7) is 0.1000. The fourth-order valence-corrected chi connectivity index (χ4v) is 2.61. The lowest BCUT2D eigenvalue weighted by atomic mass is 10.1. The molecule has 0 radical (unpaired) electrons. The molecule has 0 bridgehead atoms. The van der Waals surface area contributed by atoms with Crippen LogP contribution in [-0.2, 0) is 6.54 Å². The van der Waals surface area contributed by atoms with Crippen LogP contribution in [0.2, 0.25) is 0 Å². The molecule has 25 heavy (non-hydrogen) atoms. The van der Waals surface area contributed by atoms with Gasteiger partial charge in [0.2, 0.25) is 5.82 Å². The van der Waals surface area contributed by atoms with E-state index in [9.17, 15) is 14.3 Å². The molecule has 0 saturated carbocycles. The molecule has 3 aromatic rings. The molecule has 2 aromatic carbocycles. The maximum atomic E-state index is 12.9. The van der Waals surface area contributed by atoms with E-state index < -0.39 is 12.0 Å². The van der Waals surface area contributed by atoms with Gasteiger partial charge < -0.3 is 10.4 Å². The summed E-state index contributed by atoms with van der Waals surface area (Å²) in [6.07, 6.45) is 0.478. The van der Waals surface area contributed by atoms with E-state index >= 15 is 0 Å². The van der Waals surface area contributed by atoms with Gasteiger partial charge in [-0.1, -0.05) is 34.1 Å². The van der Waals surface area contributed by atoms with E-state index in [1.54, 1.807) is 18.2 Å². The lowest BCUT2D eigenvalue weighted by Crippen LogP contribution is -2.15. The molecule has 0 unspecified atom stereocenters. The van der Waals surface area contributed by atoms with Crippen molar-refractivity contribution in [2.24, 2.45) is 0 Å². The molecule has 1 heterocycles. The Balaban J connectivity index is 1.65. The van der Waals surface area contributed by atoms with Crippen LogP contribution in [0.25, 0.3) is 0 Å². The third-order valence-corrected chi connectivity index (χ3v) is 3.93. The molecular formula is C17H14BrFN4O2. The zero-order chi connectivity index (χ0) is 17.8. The second-order valence-corrected chi connectivity index (χ2v) is 6.24. The number of hydrogen-bond acceptors (Lipinski definition) is 4. The van der Waals surface area contributed by atoms with E-state index in [0.29, 0.717) is 11.3 Å². The summed E-state index contributed by atoms with van der Waals surface area (Å²) in [5, 5.41) is 16.9. The Morgan fingerprint density at radius 2 is 2.04 bits per heavy atom. The van der Waals surface area contributed by atoms with Crippen molar-refractivity contribution < 1.29 is 14.3 Å². The first-order valence-electron chi connectivity index (χ1n) is 7.41. The van der Waals surface area contributed by atoms with Crippen LogP contribution in [0.15, 0.2) is 59.3 Å². The van der Waals surface area contributed by atoms with Crippen LogP contribution in [0.1, 0.15) is 22.3 Å². The molecule has 3 rings (SSSR count). The Hall–Kier alpha value is -2.58. The normalized spacial score (nSPS) is 12.0. The van der Waals surface area contributed by atoms with Gasteiger partial charge in [0.05, 0.1) is 12.6 Å². The first kappa shape index (κ1) is 17.2. The molecule has 6 nitrogen and oxygen atoms in total. The number of hydrogen-bond donors (Lipinski definition) is 2. The number of carbonyl (C=O) groups excluding carboxylic acids is 1. The van der Waals surface area contributed by atoms with Crippen molar-refractivity contribution in [3.8, 4) is 0 Å². The van der Waals surface area contributed by atoms with Crippen LogP contribution in [0.3, 0.4) is 0 Å². The first-order chi connectivity index (χ1) is 12.0. The quantitative estimate of drug-likeness (QED) is 0.684. The number of aromatic nitrogens is 3. The molecular weight excluding hydrogens is 391 g/mol. The summed E-state index contributed by atoms with van der Waals surface area (Å²) in [5.41, 5.74) is 1.17. The van der Waals surface area contributed by atoms with Crippen LogP contribution >= 0.6 is 15.9 Å². The predicted octanol–water partition coefficient (Wildman–Crippen LogP) is 3.17. The van der Waals surface area contributed by atoms with E-state index in [1.165, 1.54) is 35.3 Å². The monoisotopic (exact) mass is 404 g/mol. The number of anilines is 1. The molecule has 0 saturated heterocycles. The van der Waals surface area contributed by atoms with Crippen molar-refractivity contribution >= 4 is 27.5 Å². The summed E-state index contributed by atoms with van der Waals surface area (Å²) < 4.78 is 15.1. The predicted molar refractivity (Wildman–Crippen MR) is 93.5 cm³/mol. The van der Waals surface area contributed by atoms with E-state index in [-0.39, 0.29) is 18.2 Å². The Morgan fingerprint density at radius 1 is 1.28 bits per heavy atom. The second-order valence-electron chi connectivity index (χ2n) is 5.32. The average molecular weight is 405 g/mol. The number of nitrogens with zero attached hydrogens (tertiary/aromatic N) is 3. The number of aliphatic hydroxyl groups excluding tert-OH is 1. The minimum Gasteiger partial charge on any atom is -0.386 e. The van der Waals surface area contributed by atoms with Gasteiger partial charge in [-0.15, -0.1) is 5.10 Å². The summed E-state index contributed by atoms with van der Waals surface area (Å²) in [4.78, 5) is 16.1. The molecule has 1 atom stereocenters. The fraction of sp³-hybridized carbons (Fsp3) is 0.118. The topological polar surface area (TPSA) is 80.0 Å². The van der Waals surface area contributed by atoms with E-state index in [1.807, 2.05) is 6.07 Å². The fourth-order valence-electron chi connectivity index (χ4n) is 2.21. The van der Waals surface area contributed by atoms with Crippen molar-refractivity contribution in [1.29, 1.82) is 0 Å². The van der Waals surface area contributed by atoms with Crippen molar-refractivity contribution in [1.82, 2.24) is 14.8 Å². The largest absolute Gasteiger partial charge is 0.386 e. The Labute approximate surface area is 151 Å². The van der Waals surface area contributed by atoms with Gasteiger partial charge in [0.25, 0.3) is 5.91 Å². The van der Waals surface area contributed by atoms with E-state index in [4.69, 9.17) is 0 Å². The first-order valence-corrected chi connectivity index (χ1v) is 8.20. The van der Waals surface area contributed by atoms with Gasteiger partial charge in [-0.25, -0.2) is 14.1 Å². The summed E-state index contributed by atoms with van der Waals surface area (Å²) in [6, 6.07) is 12.7. The average Bonchev–Trinajstić information content (AvgIpc) is 3.04. The zero-order valence-corrected chi connectivity index (χ0v) is 14.5. The van der Waals surface area contributed by atoms with Crippen molar-refractivity contribution in [3.63, 3.8) is 0 Å². The van der Waals surface area contributed by atoms with Gasteiger partial charge >= 0.3 is 0 Å². The maximum absolute atomic E-state index is 12.9. The molecule has 0 fully saturated rings. The Bertz CT molecular complexity index is 882. The van der Waals surface area contributed by atoms with Crippen LogP contribution in [-0.4, -0.2) is 25.8 Å². The molecule has 0 aliphatic heterocycles. The van der Waals surface area contributed by atoms with Crippen LogP contribution in [0.4, 0.5) is 10.1 Å². The number of halogens is 2. The summed E-state index contributed by atoms with van der Waals surface area (Å²) in [7, 11) is 0. The van der Waals surface area contributed by atoms with Crippen molar-refractivity contribution in [3.05, 3.63) is 76.5 Å². The van der Waals surface area contributed by atoms with Crippen molar-refractivity contribution in [2.75, 3.05) is 5.32 Å². The number of aliphatic hydroxyl groups is 1. The molecule has 0 aliphatic carbocycles. The third-order valence-electron chi connectivity index (χ3n) is 3.44. The number of rotatable bonds is 5. The maximum Gasteiger partial charge on any atom is 0.295 e. The van der Waals surface area contributed by atoms with Crippen LogP contribution in [0, 0.1) is 5.82 Å². The lowest BCUT2D eigenvalue weighted by Gasteiger charge is -2.10. The third kappa shape index (κ3) is 4.49. The highest BCUT2D eigenvalue weighted by Gasteiger charge is 2.14. The molecule has 8 heteroatoms. The van der Waals surface area contributed by atoms with Gasteiger partial charge in [0.1, 0.15) is 12.1 Å². The highest BCUT2D eigenvalue weighted by atomic mass is 79.9. The van der Waals surface area contributed by atoms with Gasteiger partial charge in [0, 0.05) is 10.2 Å². The highest BCUT2D eigenvalue weighted by Crippen LogP contribution is 2.17. The number of nitrogens with one attached hydrogen (secondary N) is 1. The molecule has 128 valence electrons. The number of amides is 1. The molecule has 2 N–H and O–H groups in total. The van der Waals surface area contributed by atoms with E-state index in [0.717, 1.165) is 4.47 Å². The smallest absolute Gasteiger partial charge is 0.295 e. The van der Waals surface area contributed by atoms with Gasteiger partial charge in [-0.3, -0.25) is 4.79 Å². The highest BCUT2D eigenvalue weighted by molar-refractivity contribution is 9.10. The molecule has 0 spiro atoms. The Morgan fingerprint density at radius 3 is 2.76 bits per heavy atom. The van der Waals surface area contributed by atoms with Gasteiger partial charge in [-0.05, 0) is 35.9 Å². The second kappa shape index (κ2) is 7.54. The molecule has 0 aliphatic rings. The van der Waals surface area contributed by atoms with Crippen molar-refractivity contribution in [2.45, 2.75) is 12.6 Å².